The van der Waals surface area contributed by atoms with Gasteiger partial charge in [-0.3, -0.25) is 0 Å². The molecule has 0 amide bonds. The van der Waals surface area contributed by atoms with Gasteiger partial charge in [-0.2, -0.15) is 0 Å². The number of halogens is 1. The Labute approximate surface area is 134 Å². The molecule has 1 aromatic carbocycles. The lowest BCUT2D eigenvalue weighted by atomic mass is 10.0. The number of nitrogens with zero attached hydrogens (tertiary/aromatic N) is 1. The number of hydrogen-bond donors (Lipinski definition) is 0. The molecule has 1 unspecified atom stereocenters. The van der Waals surface area contributed by atoms with E-state index in [9.17, 15) is 4.55 Å². The standard InChI is InChI=1S/C15H22ClNO3S/c1-15(2,3)21(18)17-10-12-9-14(20-5)13(19-4)8-11(12)6-7-16/h8-10H,6-7H2,1-5H3. The summed E-state index contributed by atoms with van der Waals surface area (Å²) in [6, 6.07) is 3.70. The Morgan fingerprint density at radius 3 is 2.29 bits per heavy atom. The van der Waals surface area contributed by atoms with E-state index in [1.807, 2.05) is 32.9 Å². The lowest BCUT2D eigenvalue weighted by Gasteiger charge is -2.18. The van der Waals surface area contributed by atoms with Crippen LogP contribution in [-0.2, 0) is 17.8 Å². The molecule has 0 bridgehead atoms. The molecular weight excluding hydrogens is 310 g/mol. The molecule has 0 saturated heterocycles. The first-order valence-electron chi connectivity index (χ1n) is 6.60. The predicted molar refractivity (Wildman–Crippen MR) is 89.5 cm³/mol. The number of alkyl halides is 1. The number of benzene rings is 1. The molecule has 0 radical (unpaired) electrons. The van der Waals surface area contributed by atoms with Gasteiger partial charge in [0, 0.05) is 11.4 Å². The van der Waals surface area contributed by atoms with Crippen LogP contribution in [-0.4, -0.2) is 35.6 Å². The van der Waals surface area contributed by atoms with Crippen LogP contribution < -0.4 is 9.47 Å². The maximum Gasteiger partial charge on any atom is 0.161 e. The van der Waals surface area contributed by atoms with Crippen LogP contribution in [0.25, 0.3) is 0 Å². The average Bonchev–Trinajstić information content (AvgIpc) is 2.44. The van der Waals surface area contributed by atoms with Gasteiger partial charge in [0.2, 0.25) is 0 Å². The van der Waals surface area contributed by atoms with Gasteiger partial charge in [-0.15, -0.1) is 11.6 Å². The largest absolute Gasteiger partial charge is 0.591 e. The Bertz CT molecular complexity index is 500. The SMILES string of the molecule is COc1cc(C=N[S+]([O-])C(C)(C)C)c(CCCl)cc1OC. The van der Waals surface area contributed by atoms with Crippen LogP contribution in [0.4, 0.5) is 0 Å². The minimum Gasteiger partial charge on any atom is -0.591 e. The van der Waals surface area contributed by atoms with Crippen molar-refractivity contribution in [2.45, 2.75) is 31.9 Å². The third-order valence-electron chi connectivity index (χ3n) is 2.82. The monoisotopic (exact) mass is 331 g/mol. The summed E-state index contributed by atoms with van der Waals surface area (Å²) in [4.78, 5) is 0. The number of hydrogen-bond acceptors (Lipinski definition) is 4. The molecule has 0 heterocycles. The third kappa shape index (κ3) is 5.09. The fourth-order valence-electron chi connectivity index (χ4n) is 1.64. The molecule has 0 N–H and O–H groups in total. The summed E-state index contributed by atoms with van der Waals surface area (Å²) in [5.74, 6) is 1.74. The third-order valence-corrected chi connectivity index (χ3v) is 4.35. The minimum absolute atomic E-state index is 0.389. The van der Waals surface area contributed by atoms with Crippen LogP contribution >= 0.6 is 11.6 Å². The first-order chi connectivity index (χ1) is 9.83. The summed E-state index contributed by atoms with van der Waals surface area (Å²) in [7, 11) is 3.16. The van der Waals surface area contributed by atoms with Gasteiger partial charge in [0.1, 0.15) is 16.1 Å². The van der Waals surface area contributed by atoms with Gasteiger partial charge >= 0.3 is 0 Å². The van der Waals surface area contributed by atoms with E-state index in [1.165, 1.54) is 0 Å². The quantitative estimate of drug-likeness (QED) is 0.456. The van der Waals surface area contributed by atoms with Gasteiger partial charge in [0.05, 0.1) is 20.4 Å². The van der Waals surface area contributed by atoms with Gasteiger partial charge in [-0.1, -0.05) is 4.40 Å². The maximum atomic E-state index is 12.0. The van der Waals surface area contributed by atoms with Gasteiger partial charge in [0.15, 0.2) is 11.5 Å². The van der Waals surface area contributed by atoms with E-state index in [0.29, 0.717) is 23.8 Å². The van der Waals surface area contributed by atoms with Gasteiger partial charge in [-0.05, 0) is 44.9 Å². The molecule has 0 fully saturated rings. The Kier molecular flexibility index (Phi) is 6.84. The fraction of sp³-hybridized carbons (Fsp3) is 0.533. The average molecular weight is 332 g/mol. The molecule has 118 valence electrons. The topological polar surface area (TPSA) is 53.9 Å². The van der Waals surface area contributed by atoms with Gasteiger partial charge in [-0.25, -0.2) is 0 Å². The van der Waals surface area contributed by atoms with E-state index in [2.05, 4.69) is 4.40 Å². The van der Waals surface area contributed by atoms with E-state index in [-0.39, 0.29) is 4.75 Å². The van der Waals surface area contributed by atoms with Crippen molar-refractivity contribution >= 4 is 29.2 Å². The number of methoxy groups -OCH3 is 2. The first kappa shape index (κ1) is 18.1. The fourth-order valence-corrected chi connectivity index (χ4v) is 2.37. The molecule has 0 aliphatic carbocycles. The van der Waals surface area contributed by atoms with E-state index >= 15 is 0 Å². The zero-order valence-corrected chi connectivity index (χ0v) is 14.7. The Morgan fingerprint density at radius 2 is 1.81 bits per heavy atom. The highest BCUT2D eigenvalue weighted by Crippen LogP contribution is 2.30. The lowest BCUT2D eigenvalue weighted by molar-refractivity contribution is 0.354. The Hall–Kier alpha value is -0.910. The smallest absolute Gasteiger partial charge is 0.161 e. The van der Waals surface area contributed by atoms with Gasteiger partial charge in [0.25, 0.3) is 0 Å². The molecular formula is C15H22ClNO3S. The normalized spacial score (nSPS) is 13.5. The van der Waals surface area contributed by atoms with Gasteiger partial charge < -0.3 is 14.0 Å². The van der Waals surface area contributed by atoms with Crippen molar-refractivity contribution in [2.24, 2.45) is 4.40 Å². The zero-order valence-electron chi connectivity index (χ0n) is 13.1. The Morgan fingerprint density at radius 1 is 1.24 bits per heavy atom. The molecule has 6 heteroatoms. The number of ether oxygens (including phenoxy) is 2. The van der Waals surface area contributed by atoms with Crippen molar-refractivity contribution in [3.63, 3.8) is 0 Å². The van der Waals surface area contributed by atoms with Crippen LogP contribution in [0.2, 0.25) is 0 Å². The second-order valence-electron chi connectivity index (χ2n) is 5.44. The van der Waals surface area contributed by atoms with Crippen LogP contribution in [0, 0.1) is 0 Å². The molecule has 0 spiro atoms. The predicted octanol–water partition coefficient (Wildman–Crippen LogP) is 3.37. The molecule has 4 nitrogen and oxygen atoms in total. The highest BCUT2D eigenvalue weighted by Gasteiger charge is 2.26. The van der Waals surface area contributed by atoms with E-state index in [1.54, 1.807) is 20.4 Å². The molecule has 0 aromatic heterocycles. The van der Waals surface area contributed by atoms with Crippen molar-refractivity contribution < 1.29 is 14.0 Å². The van der Waals surface area contributed by atoms with Crippen LogP contribution in [0.3, 0.4) is 0 Å². The zero-order chi connectivity index (χ0) is 16.0. The van der Waals surface area contributed by atoms with Crippen molar-refractivity contribution in [3.05, 3.63) is 23.3 Å². The van der Waals surface area contributed by atoms with Crippen molar-refractivity contribution in [1.29, 1.82) is 0 Å². The molecule has 1 aromatic rings. The lowest BCUT2D eigenvalue weighted by Crippen LogP contribution is -2.25. The summed E-state index contributed by atoms with van der Waals surface area (Å²) < 4.78 is 26.3. The first-order valence-corrected chi connectivity index (χ1v) is 8.24. The van der Waals surface area contributed by atoms with Crippen LogP contribution in [0.15, 0.2) is 16.5 Å². The summed E-state index contributed by atoms with van der Waals surface area (Å²) in [5, 5.41) is 0. The maximum absolute atomic E-state index is 12.0. The summed E-state index contributed by atoms with van der Waals surface area (Å²) >= 11 is 4.53. The molecule has 0 aliphatic rings. The van der Waals surface area contributed by atoms with Crippen molar-refractivity contribution in [1.82, 2.24) is 0 Å². The molecule has 1 rings (SSSR count). The van der Waals surface area contributed by atoms with Crippen LogP contribution in [0.5, 0.6) is 11.5 Å². The highest BCUT2D eigenvalue weighted by molar-refractivity contribution is 7.91. The Balaban J connectivity index is 3.17. The molecule has 21 heavy (non-hydrogen) atoms. The van der Waals surface area contributed by atoms with Crippen molar-refractivity contribution in [2.75, 3.05) is 20.1 Å². The summed E-state index contributed by atoms with van der Waals surface area (Å²) in [6.45, 7) is 5.65. The molecule has 0 saturated carbocycles. The minimum atomic E-state index is -1.30. The summed E-state index contributed by atoms with van der Waals surface area (Å²) in [6.07, 6.45) is 2.29. The summed E-state index contributed by atoms with van der Waals surface area (Å²) in [5.41, 5.74) is 1.82. The van der Waals surface area contributed by atoms with E-state index < -0.39 is 11.4 Å². The second-order valence-corrected chi connectivity index (χ2v) is 7.75. The second kappa shape index (κ2) is 7.92. The number of rotatable bonds is 6. The van der Waals surface area contributed by atoms with Crippen LogP contribution in [0.1, 0.15) is 31.9 Å². The van der Waals surface area contributed by atoms with E-state index in [4.69, 9.17) is 21.1 Å². The molecule has 1 atom stereocenters. The highest BCUT2D eigenvalue weighted by atomic mass is 35.5. The van der Waals surface area contributed by atoms with E-state index in [0.717, 1.165) is 11.1 Å². The number of aryl methyl sites for hydroxylation is 1. The molecule has 0 aliphatic heterocycles. The van der Waals surface area contributed by atoms with Crippen molar-refractivity contribution in [3.8, 4) is 11.5 Å².